The van der Waals surface area contributed by atoms with Gasteiger partial charge in [0.15, 0.2) is 0 Å². The molecule has 0 unspecified atom stereocenters. The van der Waals surface area contributed by atoms with Gasteiger partial charge in [-0.25, -0.2) is 0 Å². The highest BCUT2D eigenvalue weighted by Crippen LogP contribution is 2.29. The molecule has 2 aromatic rings. The Morgan fingerprint density at radius 2 is 2.12 bits per heavy atom. The number of nitrogens with zero attached hydrogens (tertiary/aromatic N) is 3. The van der Waals surface area contributed by atoms with Gasteiger partial charge in [-0.15, -0.1) is 0 Å². The highest BCUT2D eigenvalue weighted by molar-refractivity contribution is 5.96. The van der Waals surface area contributed by atoms with Gasteiger partial charge in [0.05, 0.1) is 12.2 Å². The third-order valence-electron chi connectivity index (χ3n) is 5.25. The number of fused-ring (bicyclic) bond motifs is 1. The third-order valence-corrected chi connectivity index (χ3v) is 5.25. The maximum atomic E-state index is 12.9. The molecule has 1 aromatic heterocycles. The van der Waals surface area contributed by atoms with Crippen LogP contribution in [0.3, 0.4) is 0 Å². The summed E-state index contributed by atoms with van der Waals surface area (Å²) in [6.07, 6.45) is 3.65. The first-order chi connectivity index (χ1) is 12.7. The van der Waals surface area contributed by atoms with E-state index in [-0.39, 0.29) is 5.91 Å². The van der Waals surface area contributed by atoms with Gasteiger partial charge in [-0.2, -0.15) is 0 Å². The summed E-state index contributed by atoms with van der Waals surface area (Å²) < 4.78 is 0. The zero-order valence-corrected chi connectivity index (χ0v) is 15.3. The van der Waals surface area contributed by atoms with Crippen molar-refractivity contribution < 1.29 is 4.79 Å². The minimum atomic E-state index is 0.203. The van der Waals surface area contributed by atoms with Crippen molar-refractivity contribution in [3.63, 3.8) is 0 Å². The van der Waals surface area contributed by atoms with Crippen molar-refractivity contribution >= 4 is 11.6 Å². The Morgan fingerprint density at radius 3 is 2.92 bits per heavy atom. The van der Waals surface area contributed by atoms with Crippen molar-refractivity contribution in [1.29, 1.82) is 0 Å². The molecule has 1 saturated heterocycles. The second kappa shape index (κ2) is 7.56. The summed E-state index contributed by atoms with van der Waals surface area (Å²) in [6, 6.07) is 12.9. The molecular weight excluding hydrogens is 324 g/mol. The Labute approximate surface area is 155 Å². The Morgan fingerprint density at radius 1 is 1.27 bits per heavy atom. The fourth-order valence-electron chi connectivity index (χ4n) is 3.90. The van der Waals surface area contributed by atoms with Gasteiger partial charge in [-0.3, -0.25) is 14.7 Å². The lowest BCUT2D eigenvalue weighted by atomic mass is 10.1. The van der Waals surface area contributed by atoms with E-state index in [0.29, 0.717) is 12.6 Å². The number of carbonyl (C=O) groups excluding carboxylic acids is 1. The van der Waals surface area contributed by atoms with E-state index >= 15 is 0 Å². The maximum absolute atomic E-state index is 12.9. The molecule has 5 heteroatoms. The van der Waals surface area contributed by atoms with Crippen LogP contribution in [0, 0.1) is 0 Å². The summed E-state index contributed by atoms with van der Waals surface area (Å²) in [6.45, 7) is 6.27. The second-order valence-electron chi connectivity index (χ2n) is 7.35. The summed E-state index contributed by atoms with van der Waals surface area (Å²) in [7, 11) is 0. The normalized spacial score (nSPS) is 20.2. The molecular formula is C21H26N4O. The molecule has 26 heavy (non-hydrogen) atoms. The Kier molecular flexibility index (Phi) is 5.00. The standard InChI is InChI=1S/C21H26N4O/c1-16-14-24(10-8-22-16)15-21(26)25-9-7-18-13-23-19(12-20(18)25)11-17-5-3-2-4-6-17/h2-6,12-13,16,22H,7-11,14-15H2,1H3/t16-/m1/s1. The molecule has 0 spiro atoms. The van der Waals surface area contributed by atoms with Crippen LogP contribution in [-0.4, -0.2) is 54.6 Å². The molecule has 1 amide bonds. The smallest absolute Gasteiger partial charge is 0.241 e. The minimum Gasteiger partial charge on any atom is -0.312 e. The predicted octanol–water partition coefficient (Wildman–Crippen LogP) is 1.86. The lowest BCUT2D eigenvalue weighted by Crippen LogP contribution is -2.52. The number of nitrogens with one attached hydrogen (secondary N) is 1. The van der Waals surface area contributed by atoms with Crippen molar-refractivity contribution in [2.75, 3.05) is 37.6 Å². The largest absolute Gasteiger partial charge is 0.312 e. The average molecular weight is 350 g/mol. The quantitative estimate of drug-likeness (QED) is 0.914. The molecule has 0 radical (unpaired) electrons. The Bertz CT molecular complexity index is 777. The lowest BCUT2D eigenvalue weighted by Gasteiger charge is -2.32. The van der Waals surface area contributed by atoms with E-state index in [1.807, 2.05) is 29.3 Å². The van der Waals surface area contributed by atoms with Crippen LogP contribution < -0.4 is 10.2 Å². The number of rotatable bonds is 4. The van der Waals surface area contributed by atoms with Crippen LogP contribution in [0.1, 0.15) is 23.7 Å². The molecule has 136 valence electrons. The molecule has 0 aliphatic carbocycles. The lowest BCUT2D eigenvalue weighted by molar-refractivity contribution is -0.119. The number of hydrogen-bond donors (Lipinski definition) is 1. The molecule has 4 rings (SSSR count). The molecule has 2 aliphatic heterocycles. The van der Waals surface area contributed by atoms with Gasteiger partial charge < -0.3 is 10.2 Å². The van der Waals surface area contributed by atoms with Gasteiger partial charge >= 0.3 is 0 Å². The molecule has 1 aromatic carbocycles. The van der Waals surface area contributed by atoms with Gasteiger partial charge in [0.25, 0.3) is 0 Å². The molecule has 3 heterocycles. The first-order valence-corrected chi connectivity index (χ1v) is 9.47. The zero-order valence-electron chi connectivity index (χ0n) is 15.3. The highest BCUT2D eigenvalue weighted by Gasteiger charge is 2.27. The number of piperazine rings is 1. The SMILES string of the molecule is C[C@@H]1CN(CC(=O)N2CCc3cnc(Cc4ccccc4)cc32)CCN1. The molecule has 5 nitrogen and oxygen atoms in total. The molecule has 0 saturated carbocycles. The average Bonchev–Trinajstić information content (AvgIpc) is 3.06. The topological polar surface area (TPSA) is 48.5 Å². The Balaban J connectivity index is 1.47. The van der Waals surface area contributed by atoms with E-state index in [0.717, 1.165) is 50.4 Å². The van der Waals surface area contributed by atoms with Crippen LogP contribution in [0.4, 0.5) is 5.69 Å². The van der Waals surface area contributed by atoms with Crippen LogP contribution in [-0.2, 0) is 17.6 Å². The number of benzene rings is 1. The molecule has 2 aliphatic rings. The fraction of sp³-hybridized carbons (Fsp3) is 0.429. The van der Waals surface area contributed by atoms with E-state index in [9.17, 15) is 4.79 Å². The van der Waals surface area contributed by atoms with Crippen LogP contribution in [0.15, 0.2) is 42.6 Å². The first-order valence-electron chi connectivity index (χ1n) is 9.47. The van der Waals surface area contributed by atoms with Gasteiger partial charge in [0, 0.05) is 50.5 Å². The molecule has 1 fully saturated rings. The third kappa shape index (κ3) is 3.79. The fourth-order valence-corrected chi connectivity index (χ4v) is 3.90. The van der Waals surface area contributed by atoms with Crippen LogP contribution in [0.25, 0.3) is 0 Å². The number of anilines is 1. The van der Waals surface area contributed by atoms with Gasteiger partial charge in [-0.05, 0) is 30.5 Å². The van der Waals surface area contributed by atoms with Gasteiger partial charge in [0.2, 0.25) is 5.91 Å². The number of pyridine rings is 1. The van der Waals surface area contributed by atoms with Crippen LogP contribution in [0.2, 0.25) is 0 Å². The summed E-state index contributed by atoms with van der Waals surface area (Å²) >= 11 is 0. The van der Waals surface area contributed by atoms with E-state index in [4.69, 9.17) is 0 Å². The van der Waals surface area contributed by atoms with E-state index in [2.05, 4.69) is 40.3 Å². The predicted molar refractivity (Wildman–Crippen MR) is 103 cm³/mol. The maximum Gasteiger partial charge on any atom is 0.241 e. The molecule has 1 atom stereocenters. The summed E-state index contributed by atoms with van der Waals surface area (Å²) in [5.41, 5.74) is 4.50. The van der Waals surface area contributed by atoms with Crippen LogP contribution >= 0.6 is 0 Å². The van der Waals surface area contributed by atoms with E-state index < -0.39 is 0 Å². The summed E-state index contributed by atoms with van der Waals surface area (Å²) in [5, 5.41) is 3.43. The van der Waals surface area contributed by atoms with E-state index in [1.54, 1.807) is 0 Å². The number of amides is 1. The number of carbonyl (C=O) groups is 1. The van der Waals surface area contributed by atoms with Gasteiger partial charge in [0.1, 0.15) is 0 Å². The van der Waals surface area contributed by atoms with Crippen LogP contribution in [0.5, 0.6) is 0 Å². The number of aromatic nitrogens is 1. The Hall–Kier alpha value is -2.24. The van der Waals surface area contributed by atoms with E-state index in [1.165, 1.54) is 11.1 Å². The zero-order chi connectivity index (χ0) is 17.9. The summed E-state index contributed by atoms with van der Waals surface area (Å²) in [5.74, 6) is 0.203. The second-order valence-corrected chi connectivity index (χ2v) is 7.35. The number of hydrogen-bond acceptors (Lipinski definition) is 4. The first kappa shape index (κ1) is 17.2. The highest BCUT2D eigenvalue weighted by atomic mass is 16.2. The van der Waals surface area contributed by atoms with Crippen molar-refractivity contribution in [2.24, 2.45) is 0 Å². The summed E-state index contributed by atoms with van der Waals surface area (Å²) in [4.78, 5) is 21.7. The van der Waals surface area contributed by atoms with Crippen molar-refractivity contribution in [3.05, 3.63) is 59.4 Å². The minimum absolute atomic E-state index is 0.203. The van der Waals surface area contributed by atoms with Crippen molar-refractivity contribution in [2.45, 2.75) is 25.8 Å². The van der Waals surface area contributed by atoms with Crippen molar-refractivity contribution in [3.8, 4) is 0 Å². The monoisotopic (exact) mass is 350 g/mol. The van der Waals surface area contributed by atoms with Gasteiger partial charge in [-0.1, -0.05) is 30.3 Å². The van der Waals surface area contributed by atoms with Crippen molar-refractivity contribution in [1.82, 2.24) is 15.2 Å². The molecule has 0 bridgehead atoms. The molecule has 1 N–H and O–H groups in total.